The molecule has 1 saturated heterocycles. The van der Waals surface area contributed by atoms with Gasteiger partial charge in [-0.2, -0.15) is 0 Å². The number of fused-ring (bicyclic) bond motifs is 1. The van der Waals surface area contributed by atoms with Gasteiger partial charge in [-0.15, -0.1) is 0 Å². The quantitative estimate of drug-likeness (QED) is 0.383. The highest BCUT2D eigenvalue weighted by atomic mass is 35.5. The summed E-state index contributed by atoms with van der Waals surface area (Å²) in [6.07, 6.45) is 0. The van der Waals surface area contributed by atoms with E-state index < -0.39 is 0 Å². The van der Waals surface area contributed by atoms with E-state index in [0.717, 1.165) is 31.2 Å². The Bertz CT molecular complexity index is 1430. The number of nitrogens with zero attached hydrogens (tertiary/aromatic N) is 4. The number of hydrogen-bond donors (Lipinski definition) is 0. The van der Waals surface area contributed by atoms with Gasteiger partial charge < -0.3 is 4.90 Å². The van der Waals surface area contributed by atoms with Crippen molar-refractivity contribution in [3.8, 4) is 0 Å². The predicted molar refractivity (Wildman–Crippen MR) is 141 cm³/mol. The van der Waals surface area contributed by atoms with Gasteiger partial charge in [-0.25, -0.2) is 4.98 Å². The first kappa shape index (κ1) is 23.3. The van der Waals surface area contributed by atoms with E-state index in [4.69, 9.17) is 16.6 Å². The minimum atomic E-state index is -0.106. The first-order chi connectivity index (χ1) is 16.9. The Balaban J connectivity index is 1.44. The smallest absolute Gasteiger partial charge is 0.262 e. The molecule has 5 rings (SSSR count). The minimum absolute atomic E-state index is 0.0429. The molecule has 1 aromatic heterocycles. The molecular formula is C28H27ClN4O2. The van der Waals surface area contributed by atoms with Gasteiger partial charge in [-0.05, 0) is 42.3 Å². The molecule has 0 bridgehead atoms. The minimum Gasteiger partial charge on any atom is -0.340 e. The molecule has 0 aliphatic carbocycles. The maximum absolute atomic E-state index is 13.0. The van der Waals surface area contributed by atoms with Gasteiger partial charge in [0.2, 0.25) is 5.95 Å². The Labute approximate surface area is 209 Å². The zero-order valence-corrected chi connectivity index (χ0v) is 20.6. The van der Waals surface area contributed by atoms with Crippen LogP contribution in [0.15, 0.2) is 77.6 Å². The van der Waals surface area contributed by atoms with E-state index in [1.807, 2.05) is 18.2 Å². The van der Waals surface area contributed by atoms with Crippen molar-refractivity contribution in [2.75, 3.05) is 31.1 Å². The molecule has 0 N–H and O–H groups in total. The van der Waals surface area contributed by atoms with E-state index in [9.17, 15) is 9.59 Å². The lowest BCUT2D eigenvalue weighted by molar-refractivity contribution is 0.101. The highest BCUT2D eigenvalue weighted by Gasteiger charge is 2.28. The van der Waals surface area contributed by atoms with Crippen molar-refractivity contribution in [3.63, 3.8) is 0 Å². The maximum atomic E-state index is 13.0. The van der Waals surface area contributed by atoms with Crippen LogP contribution in [-0.4, -0.2) is 46.4 Å². The van der Waals surface area contributed by atoms with E-state index in [2.05, 4.69) is 46.2 Å². The topological polar surface area (TPSA) is 58.4 Å². The van der Waals surface area contributed by atoms with Crippen LogP contribution in [0.1, 0.15) is 34.5 Å². The standard InChI is InChI=1S/C28H27ClN4O2/c1-19(34)22-10-13-24-25(18-22)30-28(31(2)27(24)35)33-16-14-32(15-17-33)26(20-6-4-3-5-7-20)21-8-11-23(29)12-9-21/h3-13,18,26H,14-17H2,1-2H3. The third-order valence-electron chi connectivity index (χ3n) is 6.72. The molecule has 1 unspecified atom stereocenters. The number of benzene rings is 3. The molecule has 0 spiro atoms. The predicted octanol–water partition coefficient (Wildman–Crippen LogP) is 4.70. The molecular weight excluding hydrogens is 460 g/mol. The molecule has 1 fully saturated rings. The van der Waals surface area contributed by atoms with Gasteiger partial charge in [0.05, 0.1) is 16.9 Å². The Kier molecular flexibility index (Phi) is 6.41. The number of hydrogen-bond acceptors (Lipinski definition) is 5. The average Bonchev–Trinajstić information content (AvgIpc) is 2.88. The summed E-state index contributed by atoms with van der Waals surface area (Å²) in [7, 11) is 1.76. The molecule has 1 aliphatic rings. The fourth-order valence-corrected chi connectivity index (χ4v) is 4.96. The van der Waals surface area contributed by atoms with Crippen LogP contribution in [0, 0.1) is 0 Å². The summed E-state index contributed by atoms with van der Waals surface area (Å²) in [6.45, 7) is 4.60. The van der Waals surface area contributed by atoms with Crippen LogP contribution < -0.4 is 10.5 Å². The van der Waals surface area contributed by atoms with Crippen LogP contribution in [0.2, 0.25) is 5.02 Å². The van der Waals surface area contributed by atoms with Crippen LogP contribution in [-0.2, 0) is 7.05 Å². The third-order valence-corrected chi connectivity index (χ3v) is 6.98. The van der Waals surface area contributed by atoms with Crippen LogP contribution in [0.5, 0.6) is 0 Å². The lowest BCUT2D eigenvalue weighted by atomic mass is 9.96. The molecule has 0 radical (unpaired) electrons. The van der Waals surface area contributed by atoms with Crippen molar-refractivity contribution in [3.05, 3.63) is 105 Å². The summed E-state index contributed by atoms with van der Waals surface area (Å²) in [6, 6.07) is 23.8. The molecule has 2 heterocycles. The summed E-state index contributed by atoms with van der Waals surface area (Å²) in [5.74, 6) is 0.587. The molecule has 6 nitrogen and oxygen atoms in total. The monoisotopic (exact) mass is 486 g/mol. The van der Waals surface area contributed by atoms with Gasteiger partial charge in [0.1, 0.15) is 0 Å². The van der Waals surface area contributed by atoms with Gasteiger partial charge >= 0.3 is 0 Å². The summed E-state index contributed by atoms with van der Waals surface area (Å²) < 4.78 is 1.61. The van der Waals surface area contributed by atoms with E-state index in [1.165, 1.54) is 18.1 Å². The second-order valence-electron chi connectivity index (χ2n) is 8.95. The normalized spacial score (nSPS) is 15.3. The number of anilines is 1. The summed E-state index contributed by atoms with van der Waals surface area (Å²) in [5.41, 5.74) is 3.44. The number of ketones is 1. The molecule has 1 aliphatic heterocycles. The van der Waals surface area contributed by atoms with Crippen molar-refractivity contribution in [2.45, 2.75) is 13.0 Å². The Morgan fingerprint density at radius 2 is 1.57 bits per heavy atom. The van der Waals surface area contributed by atoms with Crippen molar-refractivity contribution in [1.29, 1.82) is 0 Å². The van der Waals surface area contributed by atoms with E-state index in [1.54, 1.807) is 29.8 Å². The number of aromatic nitrogens is 2. The van der Waals surface area contributed by atoms with Gasteiger partial charge in [0.25, 0.3) is 5.56 Å². The largest absolute Gasteiger partial charge is 0.340 e. The van der Waals surface area contributed by atoms with Crippen LogP contribution in [0.3, 0.4) is 0 Å². The van der Waals surface area contributed by atoms with Gasteiger partial charge in [-0.1, -0.05) is 60.1 Å². The highest BCUT2D eigenvalue weighted by molar-refractivity contribution is 6.30. The van der Waals surface area contributed by atoms with Gasteiger partial charge in [-0.3, -0.25) is 19.1 Å². The lowest BCUT2D eigenvalue weighted by Gasteiger charge is -2.40. The molecule has 0 saturated carbocycles. The fraction of sp³-hybridized carbons (Fsp3) is 0.250. The van der Waals surface area contributed by atoms with Crippen LogP contribution in [0.25, 0.3) is 10.9 Å². The number of rotatable bonds is 5. The highest BCUT2D eigenvalue weighted by Crippen LogP contribution is 2.31. The molecule has 7 heteroatoms. The van der Waals surface area contributed by atoms with Crippen molar-refractivity contribution in [2.24, 2.45) is 7.05 Å². The second kappa shape index (κ2) is 9.64. The van der Waals surface area contributed by atoms with E-state index in [0.29, 0.717) is 22.4 Å². The van der Waals surface area contributed by atoms with E-state index >= 15 is 0 Å². The first-order valence-electron chi connectivity index (χ1n) is 11.7. The number of carbonyl (C=O) groups is 1. The first-order valence-corrected chi connectivity index (χ1v) is 12.1. The SMILES string of the molecule is CC(=O)c1ccc2c(=O)n(C)c(N3CCN(C(c4ccccc4)c4ccc(Cl)cc4)CC3)nc2c1. The summed E-state index contributed by atoms with van der Waals surface area (Å²) >= 11 is 6.16. The molecule has 35 heavy (non-hydrogen) atoms. The van der Waals surface area contributed by atoms with Crippen molar-refractivity contribution < 1.29 is 4.79 Å². The number of carbonyl (C=O) groups excluding carboxylic acids is 1. The number of halogens is 1. The molecule has 4 aromatic rings. The fourth-order valence-electron chi connectivity index (χ4n) is 4.84. The number of Topliss-reactive ketones (excluding diaryl/α,β-unsaturated/α-hetero) is 1. The summed E-state index contributed by atoms with van der Waals surface area (Å²) in [5, 5.41) is 1.24. The average molecular weight is 487 g/mol. The molecule has 0 amide bonds. The molecule has 178 valence electrons. The Morgan fingerprint density at radius 1 is 0.914 bits per heavy atom. The summed E-state index contributed by atoms with van der Waals surface area (Å²) in [4.78, 5) is 34.3. The van der Waals surface area contributed by atoms with Gasteiger partial charge in [0.15, 0.2) is 5.78 Å². The lowest BCUT2D eigenvalue weighted by Crippen LogP contribution is -2.49. The van der Waals surface area contributed by atoms with Crippen LogP contribution >= 0.6 is 11.6 Å². The van der Waals surface area contributed by atoms with Crippen molar-refractivity contribution in [1.82, 2.24) is 14.5 Å². The van der Waals surface area contributed by atoms with Crippen molar-refractivity contribution >= 4 is 34.2 Å². The zero-order valence-electron chi connectivity index (χ0n) is 19.8. The molecule has 1 atom stereocenters. The van der Waals surface area contributed by atoms with Crippen LogP contribution in [0.4, 0.5) is 5.95 Å². The Morgan fingerprint density at radius 3 is 2.23 bits per heavy atom. The molecule has 3 aromatic carbocycles. The number of piperazine rings is 1. The second-order valence-corrected chi connectivity index (χ2v) is 9.39. The maximum Gasteiger partial charge on any atom is 0.262 e. The third kappa shape index (κ3) is 4.59. The van der Waals surface area contributed by atoms with E-state index in [-0.39, 0.29) is 17.4 Å². The van der Waals surface area contributed by atoms with Gasteiger partial charge in [0, 0.05) is 43.8 Å². The zero-order chi connectivity index (χ0) is 24.5. The Hall–Kier alpha value is -3.48.